The summed E-state index contributed by atoms with van der Waals surface area (Å²) >= 11 is 0.892. The van der Waals surface area contributed by atoms with E-state index >= 15 is 0 Å². The van der Waals surface area contributed by atoms with Crippen LogP contribution in [0.5, 0.6) is 5.75 Å². The summed E-state index contributed by atoms with van der Waals surface area (Å²) in [6, 6.07) is 5.62. The predicted octanol–water partition coefficient (Wildman–Crippen LogP) is 4.44. The summed E-state index contributed by atoms with van der Waals surface area (Å²) in [6.45, 7) is 19.9. The van der Waals surface area contributed by atoms with Crippen LogP contribution in [-0.2, 0) is 61.7 Å². The first-order valence-electron chi connectivity index (χ1n) is 20.3. The van der Waals surface area contributed by atoms with E-state index in [1.165, 1.54) is 26.2 Å². The second kappa shape index (κ2) is 19.7. The molecule has 0 radical (unpaired) electrons. The van der Waals surface area contributed by atoms with Crippen LogP contribution in [0.25, 0.3) is 11.1 Å². The molecule has 1 aliphatic rings. The number of benzene rings is 1. The van der Waals surface area contributed by atoms with Gasteiger partial charge < -0.3 is 34.4 Å². The molecule has 0 spiro atoms. The lowest BCUT2D eigenvalue weighted by Crippen LogP contribution is -2.76. The van der Waals surface area contributed by atoms with Gasteiger partial charge >= 0.3 is 28.6 Å². The van der Waals surface area contributed by atoms with E-state index in [0.717, 1.165) is 22.5 Å². The second-order valence-electron chi connectivity index (χ2n) is 18.7. The average molecular weight is 952 g/mol. The minimum Gasteiger partial charge on any atom is -0.489 e. The second-order valence-corrected chi connectivity index (χ2v) is 20.5. The van der Waals surface area contributed by atoms with Crippen molar-refractivity contribution in [1.29, 1.82) is 0 Å². The first-order chi connectivity index (χ1) is 29.7. The number of esters is 1. The lowest BCUT2D eigenvalue weighted by Gasteiger charge is -2.50. The van der Waals surface area contributed by atoms with Crippen LogP contribution in [0.4, 0.5) is 14.7 Å². The number of aromatic nitrogens is 3. The number of nitrogens with zero attached hydrogens (tertiary/aromatic N) is 5. The van der Waals surface area contributed by atoms with Gasteiger partial charge in [0.05, 0.1) is 23.8 Å². The summed E-state index contributed by atoms with van der Waals surface area (Å²) in [4.78, 5) is 75.3. The fourth-order valence-corrected chi connectivity index (χ4v) is 6.89. The molecule has 1 aliphatic heterocycles. The van der Waals surface area contributed by atoms with Gasteiger partial charge in [-0.05, 0) is 107 Å². The van der Waals surface area contributed by atoms with Crippen molar-refractivity contribution in [2.24, 2.45) is 12.2 Å². The van der Waals surface area contributed by atoms with Gasteiger partial charge in [0.2, 0.25) is 6.20 Å². The standard InChI is InChI=1S/C41H58N8O14S2/c1-37(2,3)59-33(52)41(12,24-58-27-17-15-25(16-18-27)26-21-47(13)48(22-26)20-14-19-42-35(53)60-38(4,5)6)62-46-29(28-23-64-34(43-28)45-36(54)61-39(7,8)9)31(50)44-30-32(51)49(40(30,10)11)63-65(55,56)57/h15-18,21-23,30H,14,19-20,24H2,1-13H3,(H3-,42,43,44,45,50,53,54,55,56,57)/p+1/b46-29-/t30-,41?/m1/s1. The number of carbonyl (C=O) groups excluding carboxylic acids is 5. The van der Waals surface area contributed by atoms with E-state index in [0.29, 0.717) is 30.3 Å². The molecule has 1 aromatic carbocycles. The summed E-state index contributed by atoms with van der Waals surface area (Å²) in [5.74, 6) is -2.68. The summed E-state index contributed by atoms with van der Waals surface area (Å²) in [6.07, 6.45) is 3.25. The van der Waals surface area contributed by atoms with E-state index in [-0.39, 0.29) is 10.8 Å². The zero-order valence-electron chi connectivity index (χ0n) is 38.8. The highest BCUT2D eigenvalue weighted by Gasteiger charge is 2.58. The van der Waals surface area contributed by atoms with Crippen LogP contribution >= 0.6 is 11.3 Å². The zero-order valence-corrected chi connectivity index (χ0v) is 40.4. The summed E-state index contributed by atoms with van der Waals surface area (Å²) in [5.41, 5.74) is -4.95. The maximum atomic E-state index is 14.0. The Hall–Kier alpha value is -5.85. The van der Waals surface area contributed by atoms with E-state index < -0.39 is 86.7 Å². The molecule has 2 aromatic heterocycles. The highest BCUT2D eigenvalue weighted by atomic mass is 32.3. The van der Waals surface area contributed by atoms with Crippen molar-refractivity contribution in [3.63, 3.8) is 0 Å². The number of thiazole rings is 1. The number of ether oxygens (including phenoxy) is 4. The van der Waals surface area contributed by atoms with Crippen molar-refractivity contribution in [2.75, 3.05) is 18.5 Å². The van der Waals surface area contributed by atoms with Gasteiger partial charge in [-0.15, -0.1) is 20.3 Å². The van der Waals surface area contributed by atoms with Crippen molar-refractivity contribution >= 4 is 62.5 Å². The lowest BCUT2D eigenvalue weighted by molar-refractivity contribution is -0.753. The number of carbonyl (C=O) groups is 5. The first-order valence-corrected chi connectivity index (χ1v) is 22.5. The van der Waals surface area contributed by atoms with Crippen LogP contribution < -0.4 is 25.4 Å². The number of rotatable bonds is 17. The Labute approximate surface area is 381 Å². The van der Waals surface area contributed by atoms with Crippen LogP contribution in [0.15, 0.2) is 47.2 Å². The number of alkyl carbamates (subject to hydrolysis) is 1. The van der Waals surface area contributed by atoms with Crippen LogP contribution in [0.1, 0.15) is 95.2 Å². The van der Waals surface area contributed by atoms with Gasteiger partial charge in [0.15, 0.2) is 17.9 Å². The molecule has 1 saturated heterocycles. The molecule has 0 aliphatic carbocycles. The highest BCUT2D eigenvalue weighted by molar-refractivity contribution is 7.80. The van der Waals surface area contributed by atoms with Gasteiger partial charge in [-0.3, -0.25) is 19.5 Å². The van der Waals surface area contributed by atoms with Crippen LogP contribution in [0.2, 0.25) is 0 Å². The SMILES string of the molecule is C[n+]1cc(-c2ccc(OCC(C)(O/N=C(\C(=O)N[C@@H]3C(=O)N(OS(=O)(=O)O)C3(C)C)c3csc(NC(=O)OC(C)(C)C)n3)C(=O)OC(C)(C)C)cc2)cn1CCCNC(=O)OC(C)(C)C. The number of hydrogen-bond acceptors (Lipinski definition) is 16. The van der Waals surface area contributed by atoms with Crippen molar-refractivity contribution in [3.8, 4) is 16.9 Å². The molecule has 4 N–H and O–H groups in total. The summed E-state index contributed by atoms with van der Waals surface area (Å²) < 4.78 is 62.5. The molecule has 3 aromatic rings. The van der Waals surface area contributed by atoms with Crippen LogP contribution in [0.3, 0.4) is 0 Å². The van der Waals surface area contributed by atoms with Crippen LogP contribution in [-0.4, -0.2) is 111 Å². The van der Waals surface area contributed by atoms with Crippen LogP contribution in [0, 0.1) is 0 Å². The number of hydroxylamine groups is 2. The molecule has 0 saturated carbocycles. The minimum absolute atomic E-state index is 0.0119. The number of hydrogen-bond donors (Lipinski definition) is 4. The van der Waals surface area contributed by atoms with Crippen molar-refractivity contribution in [2.45, 2.75) is 130 Å². The molecule has 358 valence electrons. The molecule has 4 amide bonds. The number of nitrogens with one attached hydrogen (secondary N) is 3. The molecule has 65 heavy (non-hydrogen) atoms. The molecule has 22 nitrogen and oxygen atoms in total. The number of aryl methyl sites for hydroxylation is 2. The smallest absolute Gasteiger partial charge is 0.418 e. The molecule has 24 heteroatoms. The Morgan fingerprint density at radius 2 is 1.52 bits per heavy atom. The Kier molecular flexibility index (Phi) is 15.7. The van der Waals surface area contributed by atoms with Gasteiger partial charge in [0, 0.05) is 11.9 Å². The lowest BCUT2D eigenvalue weighted by atomic mass is 9.84. The molecule has 1 fully saturated rings. The molecule has 3 heterocycles. The van der Waals surface area contributed by atoms with E-state index in [1.54, 1.807) is 74.4 Å². The van der Waals surface area contributed by atoms with Crippen molar-refractivity contribution < 1.29 is 69.7 Å². The molecular formula is C41H59N8O14S2+. The fraction of sp³-hybridized carbons (Fsp3) is 0.561. The van der Waals surface area contributed by atoms with Gasteiger partial charge in [0.1, 0.15) is 40.9 Å². The van der Waals surface area contributed by atoms with E-state index in [4.69, 9.17) is 23.8 Å². The molecule has 4 rings (SSSR count). The van der Waals surface area contributed by atoms with E-state index in [2.05, 4.69) is 30.4 Å². The monoisotopic (exact) mass is 951 g/mol. The summed E-state index contributed by atoms with van der Waals surface area (Å²) in [7, 11) is -3.19. The maximum Gasteiger partial charge on any atom is 0.418 e. The molecule has 0 bridgehead atoms. The van der Waals surface area contributed by atoms with Gasteiger partial charge in [-0.1, -0.05) is 17.3 Å². The largest absolute Gasteiger partial charge is 0.489 e. The van der Waals surface area contributed by atoms with E-state index in [9.17, 15) is 36.9 Å². The normalized spacial score (nSPS) is 16.4. The Morgan fingerprint density at radius 1 is 0.923 bits per heavy atom. The summed E-state index contributed by atoms with van der Waals surface area (Å²) in [5, 5.41) is 13.4. The maximum absolute atomic E-state index is 14.0. The molecule has 1 unspecified atom stereocenters. The number of oxime groups is 1. The Balaban J connectivity index is 1.57. The number of β-lactam (4-membered cyclic amide) rings is 1. The zero-order chi connectivity index (χ0) is 48.9. The minimum atomic E-state index is -5.09. The highest BCUT2D eigenvalue weighted by Crippen LogP contribution is 2.33. The third kappa shape index (κ3) is 15.1. The van der Waals surface area contributed by atoms with Gasteiger partial charge in [0.25, 0.3) is 17.4 Å². The number of anilines is 1. The molecule has 2 atom stereocenters. The molecular weight excluding hydrogens is 893 g/mol. The first kappa shape index (κ1) is 51.8. The number of amides is 4. The Bertz CT molecular complexity index is 2380. The Morgan fingerprint density at radius 3 is 2.09 bits per heavy atom. The quantitative estimate of drug-likeness (QED) is 0.0213. The van der Waals surface area contributed by atoms with Crippen molar-refractivity contribution in [3.05, 3.63) is 47.7 Å². The van der Waals surface area contributed by atoms with E-state index in [1.807, 2.05) is 40.9 Å². The third-order valence-electron chi connectivity index (χ3n) is 8.81. The predicted molar refractivity (Wildman–Crippen MR) is 235 cm³/mol. The van der Waals surface area contributed by atoms with Gasteiger partial charge in [-0.2, -0.15) is 18.2 Å². The van der Waals surface area contributed by atoms with Crippen molar-refractivity contribution in [1.82, 2.24) is 25.4 Å². The fourth-order valence-electron chi connectivity index (χ4n) is 5.75. The average Bonchev–Trinajstić information content (AvgIpc) is 3.77. The third-order valence-corrected chi connectivity index (χ3v) is 9.91. The van der Waals surface area contributed by atoms with Gasteiger partial charge in [-0.25, -0.2) is 19.4 Å². The topological polar surface area (TPSA) is 268 Å².